The highest BCUT2D eigenvalue weighted by atomic mass is 16.5. The summed E-state index contributed by atoms with van der Waals surface area (Å²) in [4.78, 5) is 16.5. The number of hydrazone groups is 2. The second-order valence-corrected chi connectivity index (χ2v) is 7.27. The fourth-order valence-corrected chi connectivity index (χ4v) is 3.53. The molecule has 0 saturated heterocycles. The number of hydrogen-bond donors (Lipinski definition) is 2. The predicted molar refractivity (Wildman–Crippen MR) is 140 cm³/mol. The van der Waals surface area contributed by atoms with Crippen LogP contribution in [0.1, 0.15) is 38.8 Å². The Bertz CT molecular complexity index is 907. The van der Waals surface area contributed by atoms with Gasteiger partial charge in [0.25, 0.3) is 0 Å². The van der Waals surface area contributed by atoms with Crippen LogP contribution < -0.4 is 30.1 Å². The first-order chi connectivity index (χ1) is 16.5. The molecule has 0 fully saturated rings. The van der Waals surface area contributed by atoms with Crippen LogP contribution in [0.5, 0.6) is 11.5 Å². The van der Waals surface area contributed by atoms with Crippen molar-refractivity contribution in [1.82, 2.24) is 10.9 Å². The Morgan fingerprint density at radius 1 is 0.765 bits per heavy atom. The summed E-state index contributed by atoms with van der Waals surface area (Å²) in [6, 6.07) is 11.2. The second-order valence-electron chi connectivity index (χ2n) is 7.27. The van der Waals surface area contributed by atoms with Gasteiger partial charge in [-0.05, 0) is 52.0 Å². The van der Waals surface area contributed by atoms with Gasteiger partial charge in [-0.1, -0.05) is 0 Å². The highest BCUT2D eigenvalue weighted by molar-refractivity contribution is 5.87. The molecule has 9 nitrogen and oxygen atoms in total. The molecule has 34 heavy (non-hydrogen) atoms. The van der Waals surface area contributed by atoms with Gasteiger partial charge in [-0.2, -0.15) is 10.2 Å². The maximum Gasteiger partial charge on any atom is 0.355 e. The topological polar surface area (TPSA) is 90.8 Å². The first-order valence-corrected chi connectivity index (χ1v) is 11.5. The van der Waals surface area contributed by atoms with Crippen molar-refractivity contribution in [3.8, 4) is 11.5 Å². The number of anilines is 2. The number of nitrogens with one attached hydrogen (secondary N) is 2. The van der Waals surface area contributed by atoms with Gasteiger partial charge in [-0.3, -0.25) is 0 Å². The first kappa shape index (κ1) is 26.5. The molecular formula is C25H36N6O3. The number of amides is 2. The molecule has 2 amide bonds. The molecule has 0 atom stereocenters. The lowest BCUT2D eigenvalue weighted by atomic mass is 10.2. The highest BCUT2D eigenvalue weighted by Crippen LogP contribution is 2.25. The van der Waals surface area contributed by atoms with Crippen LogP contribution in [-0.4, -0.2) is 58.9 Å². The largest absolute Gasteiger partial charge is 0.496 e. The summed E-state index contributed by atoms with van der Waals surface area (Å²) in [5.41, 5.74) is 8.43. The van der Waals surface area contributed by atoms with Crippen molar-refractivity contribution in [1.29, 1.82) is 0 Å². The molecule has 0 saturated carbocycles. The summed E-state index contributed by atoms with van der Waals surface area (Å²) in [6.07, 6.45) is 3.06. The van der Waals surface area contributed by atoms with Gasteiger partial charge < -0.3 is 19.3 Å². The first-order valence-electron chi connectivity index (χ1n) is 11.5. The smallest absolute Gasteiger partial charge is 0.355 e. The molecule has 0 radical (unpaired) electrons. The zero-order valence-electron chi connectivity index (χ0n) is 21.0. The number of ether oxygens (including phenoxy) is 2. The van der Waals surface area contributed by atoms with Crippen LogP contribution in [0.2, 0.25) is 0 Å². The zero-order chi connectivity index (χ0) is 24.9. The average Bonchev–Trinajstić information content (AvgIpc) is 2.86. The van der Waals surface area contributed by atoms with Gasteiger partial charge in [0.15, 0.2) is 0 Å². The van der Waals surface area contributed by atoms with Crippen molar-refractivity contribution in [2.24, 2.45) is 10.2 Å². The molecule has 0 bridgehead atoms. The van der Waals surface area contributed by atoms with E-state index in [2.05, 4.69) is 58.5 Å². The molecule has 2 rings (SSSR count). The van der Waals surface area contributed by atoms with Crippen LogP contribution in [0.3, 0.4) is 0 Å². The SMILES string of the molecule is CCN(CC)c1ccc(C=NNC(=O)NN=Cc2ccc(N(CC)CC)cc2OC)c(OC)c1. The van der Waals surface area contributed by atoms with Gasteiger partial charge in [-0.15, -0.1) is 0 Å². The minimum absolute atomic E-state index is 0.565. The Morgan fingerprint density at radius 3 is 1.47 bits per heavy atom. The van der Waals surface area contributed by atoms with E-state index in [9.17, 15) is 4.79 Å². The fourth-order valence-electron chi connectivity index (χ4n) is 3.53. The summed E-state index contributed by atoms with van der Waals surface area (Å²) in [6.45, 7) is 12.0. The summed E-state index contributed by atoms with van der Waals surface area (Å²) in [7, 11) is 3.22. The van der Waals surface area contributed by atoms with E-state index in [1.54, 1.807) is 14.2 Å². The number of benzene rings is 2. The summed E-state index contributed by atoms with van der Waals surface area (Å²) < 4.78 is 10.9. The molecule has 0 aliphatic heterocycles. The van der Waals surface area contributed by atoms with Crippen molar-refractivity contribution in [2.75, 3.05) is 50.2 Å². The Labute approximate surface area is 202 Å². The van der Waals surface area contributed by atoms with Crippen LogP contribution in [-0.2, 0) is 0 Å². The van der Waals surface area contributed by atoms with Gasteiger partial charge in [0.05, 0.1) is 26.6 Å². The molecule has 2 N–H and O–H groups in total. The van der Waals surface area contributed by atoms with Gasteiger partial charge >= 0.3 is 6.03 Å². The van der Waals surface area contributed by atoms with Crippen molar-refractivity contribution in [2.45, 2.75) is 27.7 Å². The van der Waals surface area contributed by atoms with Crippen LogP contribution >= 0.6 is 0 Å². The predicted octanol–water partition coefficient (Wildman–Crippen LogP) is 4.06. The Hall–Kier alpha value is -3.75. The molecule has 184 valence electrons. The average molecular weight is 469 g/mol. The monoisotopic (exact) mass is 468 g/mol. The van der Waals surface area contributed by atoms with E-state index in [0.29, 0.717) is 11.5 Å². The molecule has 2 aromatic rings. The number of carbonyl (C=O) groups is 1. The lowest BCUT2D eigenvalue weighted by Gasteiger charge is -2.22. The third-order valence-corrected chi connectivity index (χ3v) is 5.43. The Balaban J connectivity index is 1.98. The van der Waals surface area contributed by atoms with Gasteiger partial charge in [0.1, 0.15) is 11.5 Å². The van der Waals surface area contributed by atoms with Crippen LogP contribution in [0, 0.1) is 0 Å². The summed E-state index contributed by atoms with van der Waals surface area (Å²) >= 11 is 0. The molecular weight excluding hydrogens is 432 g/mol. The third kappa shape index (κ3) is 7.13. The normalized spacial score (nSPS) is 11.0. The standard InChI is InChI=1S/C25H36N6O3/c1-7-30(8-2)21-13-11-19(23(15-21)33-5)17-26-28-25(32)29-27-18-20-12-14-22(16-24(20)34-6)31(9-3)10-4/h11-18H,7-10H2,1-6H3,(H2,28,29,32). The Kier molecular flexibility index (Phi) is 10.7. The van der Waals surface area contributed by atoms with Crippen molar-refractivity contribution >= 4 is 29.8 Å². The van der Waals surface area contributed by atoms with Crippen molar-refractivity contribution in [3.05, 3.63) is 47.5 Å². The molecule has 0 aliphatic rings. The van der Waals surface area contributed by atoms with Gasteiger partial charge in [0, 0.05) is 60.8 Å². The number of rotatable bonds is 12. The van der Waals surface area contributed by atoms with Crippen LogP contribution in [0.4, 0.5) is 16.2 Å². The minimum Gasteiger partial charge on any atom is -0.496 e. The number of urea groups is 1. The van der Waals surface area contributed by atoms with E-state index in [0.717, 1.165) is 48.7 Å². The quantitative estimate of drug-likeness (QED) is 0.362. The molecule has 0 spiro atoms. The maximum absolute atomic E-state index is 12.0. The highest BCUT2D eigenvalue weighted by Gasteiger charge is 2.08. The zero-order valence-corrected chi connectivity index (χ0v) is 21.0. The maximum atomic E-state index is 12.0. The molecule has 2 aromatic carbocycles. The fraction of sp³-hybridized carbons (Fsp3) is 0.400. The number of hydrogen-bond acceptors (Lipinski definition) is 7. The number of carbonyl (C=O) groups excluding carboxylic acids is 1. The van der Waals surface area contributed by atoms with Crippen LogP contribution in [0.15, 0.2) is 46.6 Å². The van der Waals surface area contributed by atoms with E-state index in [1.807, 2.05) is 36.4 Å². The lowest BCUT2D eigenvalue weighted by Crippen LogP contribution is -2.28. The van der Waals surface area contributed by atoms with Gasteiger partial charge in [0.2, 0.25) is 0 Å². The molecule has 0 aromatic heterocycles. The Morgan fingerprint density at radius 2 is 1.15 bits per heavy atom. The number of methoxy groups -OCH3 is 2. The van der Waals surface area contributed by atoms with E-state index >= 15 is 0 Å². The van der Waals surface area contributed by atoms with E-state index in [1.165, 1.54) is 12.4 Å². The molecule has 0 unspecified atom stereocenters. The van der Waals surface area contributed by atoms with E-state index < -0.39 is 6.03 Å². The molecule has 0 aliphatic carbocycles. The van der Waals surface area contributed by atoms with Gasteiger partial charge in [-0.25, -0.2) is 15.6 Å². The second kappa shape index (κ2) is 13.7. The minimum atomic E-state index is -0.565. The third-order valence-electron chi connectivity index (χ3n) is 5.43. The summed E-state index contributed by atoms with van der Waals surface area (Å²) in [5, 5.41) is 7.98. The van der Waals surface area contributed by atoms with E-state index in [-0.39, 0.29) is 0 Å². The van der Waals surface area contributed by atoms with E-state index in [4.69, 9.17) is 9.47 Å². The van der Waals surface area contributed by atoms with Crippen molar-refractivity contribution < 1.29 is 14.3 Å². The summed E-state index contributed by atoms with van der Waals surface area (Å²) in [5.74, 6) is 1.35. The lowest BCUT2D eigenvalue weighted by molar-refractivity contribution is 0.242. The molecule has 9 heteroatoms. The van der Waals surface area contributed by atoms with Crippen molar-refractivity contribution in [3.63, 3.8) is 0 Å². The number of nitrogens with zero attached hydrogens (tertiary/aromatic N) is 4. The molecule has 0 heterocycles. The van der Waals surface area contributed by atoms with Crippen LogP contribution in [0.25, 0.3) is 0 Å².